The van der Waals surface area contributed by atoms with Crippen LogP contribution in [0.4, 0.5) is 5.00 Å². The van der Waals surface area contributed by atoms with E-state index >= 15 is 0 Å². The Morgan fingerprint density at radius 1 is 1.48 bits per heavy atom. The van der Waals surface area contributed by atoms with Crippen molar-refractivity contribution < 1.29 is 4.79 Å². The first kappa shape index (κ1) is 15.9. The van der Waals surface area contributed by atoms with E-state index in [1.54, 1.807) is 17.3 Å². The first-order chi connectivity index (χ1) is 10.1. The molecule has 0 spiro atoms. The third-order valence-electron chi connectivity index (χ3n) is 3.34. The van der Waals surface area contributed by atoms with Crippen molar-refractivity contribution >= 4 is 33.8 Å². The Morgan fingerprint density at radius 2 is 2.24 bits per heavy atom. The average molecular weight is 324 g/mol. The molecule has 6 heteroatoms. The van der Waals surface area contributed by atoms with Crippen molar-refractivity contribution in [2.45, 2.75) is 27.2 Å². The lowest BCUT2D eigenvalue weighted by Gasteiger charge is -2.22. The zero-order valence-corrected chi connectivity index (χ0v) is 13.9. The minimum absolute atomic E-state index is 0.0232. The summed E-state index contributed by atoms with van der Waals surface area (Å²) in [6.45, 7) is 6.46. The maximum absolute atomic E-state index is 12.4. The number of nitrogens with zero attached hydrogens (tertiary/aromatic N) is 3. The van der Waals surface area contributed by atoms with Crippen LogP contribution in [0.25, 0.3) is 10.6 Å². The molecule has 2 heterocycles. The quantitative estimate of drug-likeness (QED) is 0.826. The number of anilines is 1. The number of pyridine rings is 1. The first-order valence-corrected chi connectivity index (χ1v) is 8.16. The van der Waals surface area contributed by atoms with E-state index in [0.717, 1.165) is 17.0 Å². The highest BCUT2D eigenvalue weighted by Gasteiger charge is 2.24. The van der Waals surface area contributed by atoms with Gasteiger partial charge in [0.1, 0.15) is 10.0 Å². The topological polar surface area (TPSA) is 46.1 Å². The molecule has 0 aliphatic heterocycles. The van der Waals surface area contributed by atoms with Crippen molar-refractivity contribution in [1.82, 2.24) is 9.97 Å². The third-order valence-corrected chi connectivity index (χ3v) is 4.84. The second-order valence-corrected chi connectivity index (χ2v) is 6.08. The summed E-state index contributed by atoms with van der Waals surface area (Å²) in [6.07, 6.45) is 4.26. The summed E-state index contributed by atoms with van der Waals surface area (Å²) in [5.74, 6) is 0.0632. The Morgan fingerprint density at radius 3 is 2.81 bits per heavy atom. The lowest BCUT2D eigenvalue weighted by molar-refractivity contribution is -0.121. The molecule has 4 nitrogen and oxygen atoms in total. The van der Waals surface area contributed by atoms with Crippen molar-refractivity contribution in [2.75, 3.05) is 11.4 Å². The van der Waals surface area contributed by atoms with Gasteiger partial charge in [-0.25, -0.2) is 4.98 Å². The predicted octanol–water partition coefficient (Wildman–Crippen LogP) is 4.26. The van der Waals surface area contributed by atoms with Crippen LogP contribution in [0.2, 0.25) is 5.15 Å². The van der Waals surface area contributed by atoms with Gasteiger partial charge in [-0.1, -0.05) is 36.8 Å². The minimum atomic E-state index is -0.0232. The van der Waals surface area contributed by atoms with Gasteiger partial charge in [0.05, 0.1) is 0 Å². The average Bonchev–Trinajstić information content (AvgIpc) is 2.90. The molecule has 1 amide bonds. The van der Waals surface area contributed by atoms with Crippen LogP contribution in [-0.4, -0.2) is 22.4 Å². The smallest absolute Gasteiger partial charge is 0.230 e. The standard InChI is InChI=1S/C15H18ClN3OS/c1-4-10(3)14(20)19(5-2)15-12(16)18-13(21-15)11-7-6-8-17-9-11/h6-10H,4-5H2,1-3H3. The summed E-state index contributed by atoms with van der Waals surface area (Å²) >= 11 is 7.67. The summed E-state index contributed by atoms with van der Waals surface area (Å²) in [7, 11) is 0. The molecule has 2 rings (SSSR count). The summed E-state index contributed by atoms with van der Waals surface area (Å²) < 4.78 is 0. The van der Waals surface area contributed by atoms with Gasteiger partial charge < -0.3 is 4.90 Å². The van der Waals surface area contributed by atoms with E-state index in [1.165, 1.54) is 11.3 Å². The highest BCUT2D eigenvalue weighted by Crippen LogP contribution is 2.38. The van der Waals surface area contributed by atoms with E-state index in [-0.39, 0.29) is 11.8 Å². The van der Waals surface area contributed by atoms with Gasteiger partial charge in [-0.05, 0) is 25.5 Å². The molecule has 0 saturated carbocycles. The molecule has 1 atom stereocenters. The summed E-state index contributed by atoms with van der Waals surface area (Å²) in [4.78, 5) is 22.6. The molecule has 21 heavy (non-hydrogen) atoms. The maximum atomic E-state index is 12.4. The van der Waals surface area contributed by atoms with Crippen molar-refractivity contribution in [3.8, 4) is 10.6 Å². The number of thiazole rings is 1. The molecule has 0 saturated heterocycles. The Bertz CT molecular complexity index is 615. The van der Waals surface area contributed by atoms with E-state index in [1.807, 2.05) is 32.9 Å². The normalized spacial score (nSPS) is 12.2. The van der Waals surface area contributed by atoms with Crippen LogP contribution < -0.4 is 4.90 Å². The molecule has 2 aromatic heterocycles. The maximum Gasteiger partial charge on any atom is 0.230 e. The Hall–Kier alpha value is -1.46. The molecule has 0 aliphatic carbocycles. The fourth-order valence-electron chi connectivity index (χ4n) is 1.91. The summed E-state index contributed by atoms with van der Waals surface area (Å²) in [5.41, 5.74) is 0.905. The van der Waals surface area contributed by atoms with Gasteiger partial charge in [0.25, 0.3) is 0 Å². The molecule has 0 bridgehead atoms. The van der Waals surface area contributed by atoms with Crippen LogP contribution >= 0.6 is 22.9 Å². The van der Waals surface area contributed by atoms with Crippen molar-refractivity contribution in [1.29, 1.82) is 0 Å². The van der Waals surface area contributed by atoms with E-state index in [9.17, 15) is 4.79 Å². The van der Waals surface area contributed by atoms with E-state index in [4.69, 9.17) is 11.6 Å². The molecular weight excluding hydrogens is 306 g/mol. The zero-order valence-electron chi connectivity index (χ0n) is 12.3. The third kappa shape index (κ3) is 3.41. The Labute approximate surface area is 133 Å². The molecule has 0 radical (unpaired) electrons. The summed E-state index contributed by atoms with van der Waals surface area (Å²) in [6, 6.07) is 3.78. The number of aromatic nitrogens is 2. The lowest BCUT2D eigenvalue weighted by Crippen LogP contribution is -2.34. The SMILES string of the molecule is CCC(C)C(=O)N(CC)c1sc(-c2cccnc2)nc1Cl. The number of rotatable bonds is 5. The molecule has 0 N–H and O–H groups in total. The van der Waals surface area contributed by atoms with Gasteiger partial charge in [-0.15, -0.1) is 0 Å². The second-order valence-electron chi connectivity index (χ2n) is 4.75. The van der Waals surface area contributed by atoms with Gasteiger partial charge in [-0.2, -0.15) is 0 Å². The van der Waals surface area contributed by atoms with Crippen LogP contribution in [-0.2, 0) is 4.79 Å². The number of amides is 1. The monoisotopic (exact) mass is 323 g/mol. The van der Waals surface area contributed by atoms with Gasteiger partial charge in [0, 0.05) is 30.4 Å². The van der Waals surface area contributed by atoms with Crippen molar-refractivity contribution in [3.63, 3.8) is 0 Å². The van der Waals surface area contributed by atoms with Gasteiger partial charge in [-0.3, -0.25) is 9.78 Å². The zero-order chi connectivity index (χ0) is 15.4. The van der Waals surface area contributed by atoms with Crippen LogP contribution in [0.1, 0.15) is 27.2 Å². The van der Waals surface area contributed by atoms with E-state index < -0.39 is 0 Å². The molecule has 2 aromatic rings. The number of hydrogen-bond donors (Lipinski definition) is 0. The van der Waals surface area contributed by atoms with Crippen molar-refractivity contribution in [2.24, 2.45) is 5.92 Å². The van der Waals surface area contributed by atoms with Gasteiger partial charge >= 0.3 is 0 Å². The van der Waals surface area contributed by atoms with Gasteiger partial charge in [0.15, 0.2) is 5.15 Å². The lowest BCUT2D eigenvalue weighted by atomic mass is 10.1. The fraction of sp³-hybridized carbons (Fsp3) is 0.400. The predicted molar refractivity (Wildman–Crippen MR) is 87.8 cm³/mol. The van der Waals surface area contributed by atoms with E-state index in [2.05, 4.69) is 9.97 Å². The fourth-order valence-corrected chi connectivity index (χ4v) is 3.28. The number of halogens is 1. The molecular formula is C15H18ClN3OS. The Kier molecular flexibility index (Phi) is 5.31. The number of hydrogen-bond acceptors (Lipinski definition) is 4. The van der Waals surface area contributed by atoms with Gasteiger partial charge in [0.2, 0.25) is 5.91 Å². The molecule has 0 aromatic carbocycles. The van der Waals surface area contributed by atoms with Crippen molar-refractivity contribution in [3.05, 3.63) is 29.7 Å². The molecule has 0 fully saturated rings. The summed E-state index contributed by atoms with van der Waals surface area (Å²) in [5, 5.41) is 1.86. The van der Waals surface area contributed by atoms with E-state index in [0.29, 0.717) is 16.7 Å². The molecule has 112 valence electrons. The van der Waals surface area contributed by atoms with Crippen LogP contribution in [0, 0.1) is 5.92 Å². The Balaban J connectivity index is 2.35. The number of carbonyl (C=O) groups excluding carboxylic acids is 1. The first-order valence-electron chi connectivity index (χ1n) is 6.96. The highest BCUT2D eigenvalue weighted by molar-refractivity contribution is 7.19. The molecule has 1 unspecified atom stereocenters. The second kappa shape index (κ2) is 7.00. The van der Waals surface area contributed by atoms with Crippen LogP contribution in [0.15, 0.2) is 24.5 Å². The highest BCUT2D eigenvalue weighted by atomic mass is 35.5. The van der Waals surface area contributed by atoms with Crippen LogP contribution in [0.5, 0.6) is 0 Å². The van der Waals surface area contributed by atoms with Crippen LogP contribution in [0.3, 0.4) is 0 Å². The minimum Gasteiger partial charge on any atom is -0.301 e. The molecule has 0 aliphatic rings. The largest absolute Gasteiger partial charge is 0.301 e. The number of carbonyl (C=O) groups is 1.